The maximum atomic E-state index is 5.11. The van der Waals surface area contributed by atoms with Crippen LogP contribution in [0.3, 0.4) is 0 Å². The van der Waals surface area contributed by atoms with Gasteiger partial charge in [0.15, 0.2) is 0 Å². The minimum absolute atomic E-state index is 0.148. The van der Waals surface area contributed by atoms with Gasteiger partial charge in [-0.2, -0.15) is 0 Å². The molecular weight excluding hydrogens is 132 g/mol. The van der Waals surface area contributed by atoms with Crippen molar-refractivity contribution in [2.24, 2.45) is 0 Å². The van der Waals surface area contributed by atoms with Crippen molar-refractivity contribution in [2.45, 2.75) is 12.5 Å². The lowest BCUT2D eigenvalue weighted by atomic mass is 10.5. The smallest absolute Gasteiger partial charge is 0.268 e. The standard InChI is InChI=1S/C6H10N2O2/c1-2-8-5(7-1)6-9-3-4-10-6/h3-8H,1-2H2. The van der Waals surface area contributed by atoms with Gasteiger partial charge in [0.1, 0.15) is 18.7 Å². The Kier molecular flexibility index (Phi) is 1.49. The van der Waals surface area contributed by atoms with E-state index in [0.717, 1.165) is 13.1 Å². The summed E-state index contributed by atoms with van der Waals surface area (Å²) in [5.41, 5.74) is 0. The zero-order chi connectivity index (χ0) is 6.81. The summed E-state index contributed by atoms with van der Waals surface area (Å²) in [5.74, 6) is 0. The first-order valence-electron chi connectivity index (χ1n) is 3.39. The van der Waals surface area contributed by atoms with Gasteiger partial charge in [0.25, 0.3) is 6.29 Å². The molecule has 0 atom stereocenters. The molecule has 4 heteroatoms. The highest BCUT2D eigenvalue weighted by Crippen LogP contribution is 2.08. The van der Waals surface area contributed by atoms with Gasteiger partial charge in [0.05, 0.1) is 0 Å². The van der Waals surface area contributed by atoms with Crippen LogP contribution in [-0.4, -0.2) is 25.5 Å². The quantitative estimate of drug-likeness (QED) is 0.510. The average molecular weight is 142 g/mol. The molecule has 56 valence electrons. The van der Waals surface area contributed by atoms with Crippen molar-refractivity contribution in [1.29, 1.82) is 0 Å². The van der Waals surface area contributed by atoms with Crippen molar-refractivity contribution >= 4 is 0 Å². The van der Waals surface area contributed by atoms with Crippen LogP contribution in [0.4, 0.5) is 0 Å². The molecule has 2 aliphatic rings. The van der Waals surface area contributed by atoms with Crippen LogP contribution >= 0.6 is 0 Å². The van der Waals surface area contributed by atoms with Crippen molar-refractivity contribution in [2.75, 3.05) is 13.1 Å². The Morgan fingerprint density at radius 1 is 1.10 bits per heavy atom. The third kappa shape index (κ3) is 0.955. The number of ether oxygens (including phenoxy) is 2. The minimum Gasteiger partial charge on any atom is -0.456 e. The molecule has 0 aromatic carbocycles. The fourth-order valence-corrected chi connectivity index (χ4v) is 1.13. The maximum Gasteiger partial charge on any atom is 0.268 e. The Morgan fingerprint density at radius 2 is 1.70 bits per heavy atom. The molecule has 1 saturated heterocycles. The van der Waals surface area contributed by atoms with Gasteiger partial charge in [-0.05, 0) is 0 Å². The Labute approximate surface area is 59.2 Å². The van der Waals surface area contributed by atoms with E-state index in [2.05, 4.69) is 10.6 Å². The molecule has 0 aromatic rings. The first kappa shape index (κ1) is 6.00. The molecular formula is C6H10N2O2. The highest BCUT2D eigenvalue weighted by molar-refractivity contribution is 4.82. The van der Waals surface area contributed by atoms with Gasteiger partial charge in [-0.1, -0.05) is 0 Å². The van der Waals surface area contributed by atoms with Gasteiger partial charge in [0, 0.05) is 13.1 Å². The van der Waals surface area contributed by atoms with Crippen LogP contribution in [0, 0.1) is 0 Å². The molecule has 0 spiro atoms. The molecule has 2 aliphatic heterocycles. The van der Waals surface area contributed by atoms with E-state index in [9.17, 15) is 0 Å². The molecule has 2 heterocycles. The van der Waals surface area contributed by atoms with E-state index >= 15 is 0 Å². The van der Waals surface area contributed by atoms with Crippen molar-refractivity contribution in [3.8, 4) is 0 Å². The first-order chi connectivity index (χ1) is 4.97. The van der Waals surface area contributed by atoms with E-state index in [4.69, 9.17) is 9.47 Å². The predicted molar refractivity (Wildman–Crippen MR) is 34.9 cm³/mol. The molecule has 0 radical (unpaired) electrons. The average Bonchev–Trinajstić information content (AvgIpc) is 2.59. The van der Waals surface area contributed by atoms with Gasteiger partial charge < -0.3 is 9.47 Å². The van der Waals surface area contributed by atoms with Crippen LogP contribution in [0.2, 0.25) is 0 Å². The minimum atomic E-state index is -0.178. The molecule has 0 aromatic heterocycles. The summed E-state index contributed by atoms with van der Waals surface area (Å²) in [7, 11) is 0. The number of hydrogen-bond donors (Lipinski definition) is 2. The third-order valence-corrected chi connectivity index (χ3v) is 1.61. The number of hydrogen-bond acceptors (Lipinski definition) is 4. The van der Waals surface area contributed by atoms with Gasteiger partial charge in [-0.25, -0.2) is 0 Å². The molecule has 0 aliphatic carbocycles. The van der Waals surface area contributed by atoms with Crippen LogP contribution in [0.15, 0.2) is 12.5 Å². The van der Waals surface area contributed by atoms with E-state index in [1.807, 2.05) is 0 Å². The first-order valence-corrected chi connectivity index (χ1v) is 3.39. The summed E-state index contributed by atoms with van der Waals surface area (Å²) < 4.78 is 10.2. The Hall–Kier alpha value is -0.740. The lowest BCUT2D eigenvalue weighted by molar-refractivity contribution is -0.0508. The van der Waals surface area contributed by atoms with Crippen LogP contribution in [0.5, 0.6) is 0 Å². The van der Waals surface area contributed by atoms with E-state index in [0.29, 0.717) is 0 Å². The van der Waals surface area contributed by atoms with Gasteiger partial charge in [-0.15, -0.1) is 0 Å². The van der Waals surface area contributed by atoms with E-state index in [-0.39, 0.29) is 12.5 Å². The van der Waals surface area contributed by atoms with Crippen molar-refractivity contribution < 1.29 is 9.47 Å². The number of nitrogens with one attached hydrogen (secondary N) is 2. The largest absolute Gasteiger partial charge is 0.456 e. The molecule has 0 bridgehead atoms. The number of rotatable bonds is 1. The van der Waals surface area contributed by atoms with Gasteiger partial charge in [-0.3, -0.25) is 10.6 Å². The van der Waals surface area contributed by atoms with Crippen molar-refractivity contribution in [3.05, 3.63) is 12.5 Å². The van der Waals surface area contributed by atoms with Gasteiger partial charge >= 0.3 is 0 Å². The normalized spacial score (nSPS) is 26.8. The molecule has 4 nitrogen and oxygen atoms in total. The van der Waals surface area contributed by atoms with Crippen LogP contribution in [0.1, 0.15) is 0 Å². The van der Waals surface area contributed by atoms with E-state index < -0.39 is 0 Å². The highest BCUT2D eigenvalue weighted by atomic mass is 16.7. The maximum absolute atomic E-state index is 5.11. The zero-order valence-electron chi connectivity index (χ0n) is 5.54. The van der Waals surface area contributed by atoms with Crippen molar-refractivity contribution in [3.63, 3.8) is 0 Å². The fraction of sp³-hybridized carbons (Fsp3) is 0.667. The molecule has 0 saturated carbocycles. The lowest BCUT2D eigenvalue weighted by Crippen LogP contribution is -2.43. The Morgan fingerprint density at radius 3 is 2.30 bits per heavy atom. The monoisotopic (exact) mass is 142 g/mol. The summed E-state index contributed by atoms with van der Waals surface area (Å²) in [6.45, 7) is 1.96. The highest BCUT2D eigenvalue weighted by Gasteiger charge is 2.27. The Bertz CT molecular complexity index is 135. The summed E-state index contributed by atoms with van der Waals surface area (Å²) in [6, 6.07) is 0. The summed E-state index contributed by atoms with van der Waals surface area (Å²) in [6.07, 6.45) is 3.09. The topological polar surface area (TPSA) is 42.5 Å². The molecule has 10 heavy (non-hydrogen) atoms. The van der Waals surface area contributed by atoms with E-state index in [1.54, 1.807) is 12.5 Å². The summed E-state index contributed by atoms with van der Waals surface area (Å²) in [5, 5.41) is 6.39. The second kappa shape index (κ2) is 2.48. The molecule has 2 N–H and O–H groups in total. The molecule has 1 fully saturated rings. The Balaban J connectivity index is 1.87. The van der Waals surface area contributed by atoms with E-state index in [1.165, 1.54) is 0 Å². The van der Waals surface area contributed by atoms with Crippen LogP contribution < -0.4 is 10.6 Å². The zero-order valence-corrected chi connectivity index (χ0v) is 5.54. The fourth-order valence-electron chi connectivity index (χ4n) is 1.13. The SMILES string of the molecule is C1=COC(C2NCCN2)O1. The van der Waals surface area contributed by atoms with Crippen molar-refractivity contribution in [1.82, 2.24) is 10.6 Å². The van der Waals surface area contributed by atoms with Crippen LogP contribution in [0.25, 0.3) is 0 Å². The predicted octanol–water partition coefficient (Wildman–Crippen LogP) is -0.651. The second-order valence-corrected chi connectivity index (χ2v) is 2.30. The molecule has 0 amide bonds. The third-order valence-electron chi connectivity index (χ3n) is 1.61. The van der Waals surface area contributed by atoms with Gasteiger partial charge in [0.2, 0.25) is 0 Å². The lowest BCUT2D eigenvalue weighted by Gasteiger charge is -2.17. The van der Waals surface area contributed by atoms with Crippen LogP contribution in [-0.2, 0) is 9.47 Å². The molecule has 0 unspecified atom stereocenters. The summed E-state index contributed by atoms with van der Waals surface area (Å²) >= 11 is 0. The summed E-state index contributed by atoms with van der Waals surface area (Å²) in [4.78, 5) is 0. The molecule has 2 rings (SSSR count). The second-order valence-electron chi connectivity index (χ2n) is 2.30.